The van der Waals surface area contributed by atoms with Crippen LogP contribution in [0, 0.1) is 0 Å². The van der Waals surface area contributed by atoms with Crippen LogP contribution in [0.5, 0.6) is 5.75 Å². The van der Waals surface area contributed by atoms with Crippen molar-refractivity contribution in [1.82, 2.24) is 20.0 Å². The van der Waals surface area contributed by atoms with E-state index < -0.39 is 6.36 Å². The molecule has 4 rings (SSSR count). The lowest BCUT2D eigenvalue weighted by molar-refractivity contribution is -0.274. The number of hydrogen-bond acceptors (Lipinski definition) is 6. The summed E-state index contributed by atoms with van der Waals surface area (Å²) >= 11 is 0. The number of rotatable bonds is 7. The van der Waals surface area contributed by atoms with Gasteiger partial charge in [0.2, 0.25) is 11.7 Å². The molecule has 1 fully saturated rings. The predicted molar refractivity (Wildman–Crippen MR) is 102 cm³/mol. The van der Waals surface area contributed by atoms with Crippen molar-refractivity contribution in [3.63, 3.8) is 0 Å². The van der Waals surface area contributed by atoms with E-state index in [1.807, 2.05) is 0 Å². The smallest absolute Gasteiger partial charge is 0.406 e. The molecule has 11 heteroatoms. The molecule has 2 aromatic heterocycles. The Hall–Kier alpha value is -3.34. The first-order valence-electron chi connectivity index (χ1n) is 9.61. The summed E-state index contributed by atoms with van der Waals surface area (Å²) < 4.78 is 53.1. The number of aromatic nitrogens is 3. The van der Waals surface area contributed by atoms with E-state index in [-0.39, 0.29) is 36.0 Å². The van der Waals surface area contributed by atoms with Crippen LogP contribution in [0.15, 0.2) is 47.1 Å². The Morgan fingerprint density at radius 2 is 2.06 bits per heavy atom. The molecule has 3 aromatic rings. The van der Waals surface area contributed by atoms with Gasteiger partial charge in [0.25, 0.3) is 5.89 Å². The standard InChI is InChI=1S/C20H19F3N4O4/c21-20(22,23)30-14-7-5-13(6-8-14)18-25-19(31-26-18)16-4-1-9-27(16)12-17(28)24-11-15-3-2-10-29-15/h1,4-9,15H,2-3,10-12H2,(H,24,28). The summed E-state index contributed by atoms with van der Waals surface area (Å²) in [6, 6.07) is 8.60. The van der Waals surface area contributed by atoms with Crippen molar-refractivity contribution in [3.8, 4) is 28.7 Å². The summed E-state index contributed by atoms with van der Waals surface area (Å²) in [6.07, 6.45) is -1.06. The molecule has 1 amide bonds. The molecule has 31 heavy (non-hydrogen) atoms. The van der Waals surface area contributed by atoms with Gasteiger partial charge >= 0.3 is 6.36 Å². The van der Waals surface area contributed by atoms with Crippen LogP contribution in [-0.4, -0.2) is 46.2 Å². The van der Waals surface area contributed by atoms with Gasteiger partial charge in [-0.2, -0.15) is 4.98 Å². The Balaban J connectivity index is 1.41. The summed E-state index contributed by atoms with van der Waals surface area (Å²) in [5.41, 5.74) is 1.000. The number of benzene rings is 1. The van der Waals surface area contributed by atoms with Gasteiger partial charge in [0.15, 0.2) is 0 Å². The molecule has 8 nitrogen and oxygen atoms in total. The van der Waals surface area contributed by atoms with E-state index in [0.717, 1.165) is 19.4 Å². The molecule has 164 valence electrons. The van der Waals surface area contributed by atoms with Gasteiger partial charge in [0, 0.05) is 24.9 Å². The fraction of sp³-hybridized carbons (Fsp3) is 0.350. The molecule has 1 aliphatic heterocycles. The zero-order valence-corrected chi connectivity index (χ0v) is 16.3. The maximum Gasteiger partial charge on any atom is 0.573 e. The lowest BCUT2D eigenvalue weighted by Gasteiger charge is -2.11. The van der Waals surface area contributed by atoms with Crippen LogP contribution in [0.1, 0.15) is 12.8 Å². The number of carbonyl (C=O) groups excluding carboxylic acids is 1. The van der Waals surface area contributed by atoms with Crippen molar-refractivity contribution in [2.45, 2.75) is 31.9 Å². The summed E-state index contributed by atoms with van der Waals surface area (Å²) in [5.74, 6) is -0.137. The molecular weight excluding hydrogens is 417 g/mol. The number of hydrogen-bond donors (Lipinski definition) is 1. The molecule has 1 N–H and O–H groups in total. The second kappa shape index (κ2) is 8.80. The van der Waals surface area contributed by atoms with Crippen LogP contribution in [-0.2, 0) is 16.1 Å². The largest absolute Gasteiger partial charge is 0.573 e. The second-order valence-electron chi connectivity index (χ2n) is 6.96. The number of alkyl halides is 3. The van der Waals surface area contributed by atoms with Gasteiger partial charge in [-0.05, 0) is 49.2 Å². The Kier molecular flexibility index (Phi) is 5.94. The van der Waals surface area contributed by atoms with Crippen LogP contribution in [0.25, 0.3) is 23.0 Å². The molecular formula is C20H19F3N4O4. The molecule has 0 spiro atoms. The van der Waals surface area contributed by atoms with E-state index >= 15 is 0 Å². The zero-order valence-electron chi connectivity index (χ0n) is 16.3. The van der Waals surface area contributed by atoms with Crippen molar-refractivity contribution in [2.24, 2.45) is 0 Å². The number of ether oxygens (including phenoxy) is 2. The summed E-state index contributed by atoms with van der Waals surface area (Å²) in [6.45, 7) is 1.25. The van der Waals surface area contributed by atoms with Gasteiger partial charge in [0.05, 0.1) is 6.10 Å². The molecule has 1 atom stereocenters. The third-order valence-electron chi connectivity index (χ3n) is 4.69. The van der Waals surface area contributed by atoms with Gasteiger partial charge in [-0.1, -0.05) is 5.16 Å². The topological polar surface area (TPSA) is 91.4 Å². The van der Waals surface area contributed by atoms with E-state index in [4.69, 9.17) is 9.26 Å². The van der Waals surface area contributed by atoms with Crippen molar-refractivity contribution < 1.29 is 32.0 Å². The maximum atomic E-state index is 12.3. The van der Waals surface area contributed by atoms with Crippen molar-refractivity contribution in [2.75, 3.05) is 13.2 Å². The minimum absolute atomic E-state index is 0.0551. The van der Waals surface area contributed by atoms with Gasteiger partial charge in [0.1, 0.15) is 18.0 Å². The zero-order chi connectivity index (χ0) is 21.8. The van der Waals surface area contributed by atoms with Gasteiger partial charge < -0.3 is 23.9 Å². The normalized spacial score (nSPS) is 16.4. The SMILES string of the molecule is O=C(Cn1cccc1-c1nc(-c2ccc(OC(F)(F)F)cc2)no1)NCC1CCCO1. The lowest BCUT2D eigenvalue weighted by atomic mass is 10.2. The first kappa shape index (κ1) is 20.9. The predicted octanol–water partition coefficient (Wildman–Crippen LogP) is 3.40. The molecule has 1 unspecified atom stereocenters. The Morgan fingerprint density at radius 3 is 2.77 bits per heavy atom. The van der Waals surface area contributed by atoms with Crippen LogP contribution in [0.4, 0.5) is 13.2 Å². The average Bonchev–Trinajstić information content (AvgIpc) is 3.47. The highest BCUT2D eigenvalue weighted by Gasteiger charge is 2.31. The maximum absolute atomic E-state index is 12.3. The number of halogens is 3. The number of carbonyl (C=O) groups is 1. The molecule has 0 bridgehead atoms. The molecule has 3 heterocycles. The minimum atomic E-state index is -4.76. The first-order valence-corrected chi connectivity index (χ1v) is 9.61. The Bertz CT molecular complexity index is 1020. The summed E-state index contributed by atoms with van der Waals surface area (Å²) in [7, 11) is 0. The molecule has 0 aliphatic carbocycles. The lowest BCUT2D eigenvalue weighted by Crippen LogP contribution is -2.34. The monoisotopic (exact) mass is 436 g/mol. The fourth-order valence-electron chi connectivity index (χ4n) is 3.24. The molecule has 0 saturated carbocycles. The highest BCUT2D eigenvalue weighted by Crippen LogP contribution is 2.27. The average molecular weight is 436 g/mol. The van der Waals surface area contributed by atoms with Crippen molar-refractivity contribution >= 4 is 5.91 Å². The van der Waals surface area contributed by atoms with Crippen LogP contribution in [0.3, 0.4) is 0 Å². The first-order chi connectivity index (χ1) is 14.9. The van der Waals surface area contributed by atoms with Crippen LogP contribution < -0.4 is 10.1 Å². The van der Waals surface area contributed by atoms with Crippen LogP contribution >= 0.6 is 0 Å². The summed E-state index contributed by atoms with van der Waals surface area (Å²) in [5, 5.41) is 6.73. The number of amides is 1. The second-order valence-corrected chi connectivity index (χ2v) is 6.96. The summed E-state index contributed by atoms with van der Waals surface area (Å²) in [4.78, 5) is 16.6. The van der Waals surface area contributed by atoms with E-state index in [1.165, 1.54) is 24.3 Å². The highest BCUT2D eigenvalue weighted by molar-refractivity contribution is 5.76. The quantitative estimate of drug-likeness (QED) is 0.611. The van der Waals surface area contributed by atoms with E-state index in [0.29, 0.717) is 17.8 Å². The minimum Gasteiger partial charge on any atom is -0.406 e. The molecule has 1 aromatic carbocycles. The highest BCUT2D eigenvalue weighted by atomic mass is 19.4. The molecule has 0 radical (unpaired) electrons. The third kappa shape index (κ3) is 5.43. The van der Waals surface area contributed by atoms with E-state index in [9.17, 15) is 18.0 Å². The van der Waals surface area contributed by atoms with Gasteiger partial charge in [-0.15, -0.1) is 13.2 Å². The number of nitrogens with one attached hydrogen (secondary N) is 1. The van der Waals surface area contributed by atoms with E-state index in [1.54, 1.807) is 22.9 Å². The van der Waals surface area contributed by atoms with Gasteiger partial charge in [-0.25, -0.2) is 0 Å². The fourth-order valence-corrected chi connectivity index (χ4v) is 3.24. The van der Waals surface area contributed by atoms with Crippen molar-refractivity contribution in [3.05, 3.63) is 42.6 Å². The van der Waals surface area contributed by atoms with E-state index in [2.05, 4.69) is 20.2 Å². The Labute approximate surface area is 174 Å². The van der Waals surface area contributed by atoms with Crippen LogP contribution in [0.2, 0.25) is 0 Å². The number of nitrogens with zero attached hydrogens (tertiary/aromatic N) is 3. The van der Waals surface area contributed by atoms with Gasteiger partial charge in [-0.3, -0.25) is 4.79 Å². The van der Waals surface area contributed by atoms with Crippen molar-refractivity contribution in [1.29, 1.82) is 0 Å². The molecule has 1 saturated heterocycles. The third-order valence-corrected chi connectivity index (χ3v) is 4.69. The Morgan fingerprint density at radius 1 is 1.26 bits per heavy atom. The molecule has 1 aliphatic rings.